The molecular weight excluding hydrogens is 719 g/mol. The van der Waals surface area contributed by atoms with Crippen LogP contribution in [0.3, 0.4) is 0 Å². The maximum absolute atomic E-state index is 12.4. The predicted molar refractivity (Wildman–Crippen MR) is 198 cm³/mol. The van der Waals surface area contributed by atoms with Gasteiger partial charge in [-0.2, -0.15) is 0 Å². The number of nitrogens with one attached hydrogen (secondary N) is 1. The molecule has 2 aliphatic heterocycles. The summed E-state index contributed by atoms with van der Waals surface area (Å²) in [7, 11) is 0. The molecule has 2 fully saturated rings. The van der Waals surface area contributed by atoms with Crippen LogP contribution in [0.1, 0.15) is 54.2 Å². The maximum atomic E-state index is 12.4. The van der Waals surface area contributed by atoms with Crippen LogP contribution < -0.4 is 5.32 Å². The topological polar surface area (TPSA) is 144 Å². The van der Waals surface area contributed by atoms with E-state index >= 15 is 0 Å². The van der Waals surface area contributed by atoms with E-state index < -0.39 is 6.09 Å². The van der Waals surface area contributed by atoms with Gasteiger partial charge in [0.15, 0.2) is 10.3 Å². The first kappa shape index (κ1) is 37.5. The maximum Gasteiger partial charge on any atom is 0.410 e. The molecule has 0 unspecified atom stereocenters. The summed E-state index contributed by atoms with van der Waals surface area (Å²) < 4.78 is 12.8. The van der Waals surface area contributed by atoms with Crippen molar-refractivity contribution in [2.24, 2.45) is 5.92 Å². The summed E-state index contributed by atoms with van der Waals surface area (Å²) in [4.78, 5) is 57.2. The number of likely N-dealkylation sites (tertiary alicyclic amines) is 2. The van der Waals surface area contributed by atoms with Crippen molar-refractivity contribution >= 4 is 46.8 Å². The van der Waals surface area contributed by atoms with E-state index in [0.29, 0.717) is 37.0 Å². The molecule has 0 aliphatic carbocycles. The molecule has 276 valence electrons. The predicted octanol–water partition coefficient (Wildman–Crippen LogP) is 6.69. The minimum Gasteiger partial charge on any atom is -0.445 e. The molecule has 7 rings (SSSR count). The van der Waals surface area contributed by atoms with Gasteiger partial charge in [0, 0.05) is 56.9 Å². The normalized spacial score (nSPS) is 17.0. The fraction of sp³-hybridized carbons (Fsp3) is 0.342. The number of imidazole rings is 1. The number of benzene rings is 2. The molecule has 2 atom stereocenters. The van der Waals surface area contributed by atoms with Crippen molar-refractivity contribution in [1.29, 1.82) is 0 Å². The molecule has 0 saturated carbocycles. The smallest absolute Gasteiger partial charge is 0.410 e. The van der Waals surface area contributed by atoms with Gasteiger partial charge in [-0.15, -0.1) is 0 Å². The summed E-state index contributed by atoms with van der Waals surface area (Å²) in [5.74, 6) is 0.648. The van der Waals surface area contributed by atoms with E-state index in [0.717, 1.165) is 48.2 Å². The molecule has 13 nitrogen and oxygen atoms in total. The summed E-state index contributed by atoms with van der Waals surface area (Å²) in [5, 5.41) is 3.52. The average molecular weight is 760 g/mol. The lowest BCUT2D eigenvalue weighted by atomic mass is 9.97. The molecule has 1 N–H and O–H groups in total. The van der Waals surface area contributed by atoms with Crippen LogP contribution in [0.15, 0.2) is 91.6 Å². The molecule has 15 heteroatoms. The molecular formula is C38H40Cl2N8O5. The van der Waals surface area contributed by atoms with Crippen LogP contribution in [0.5, 0.6) is 0 Å². The van der Waals surface area contributed by atoms with Crippen LogP contribution in [0.2, 0.25) is 10.3 Å². The van der Waals surface area contributed by atoms with Gasteiger partial charge in [0.1, 0.15) is 24.6 Å². The summed E-state index contributed by atoms with van der Waals surface area (Å²) in [6, 6.07) is 19.2. The number of hydrogen-bond acceptors (Lipinski definition) is 9. The Hall–Kier alpha value is -5.27. The fourth-order valence-corrected chi connectivity index (χ4v) is 6.70. The van der Waals surface area contributed by atoms with Crippen molar-refractivity contribution < 1.29 is 23.9 Å². The third kappa shape index (κ3) is 10.2. The highest BCUT2D eigenvalue weighted by Gasteiger charge is 2.30. The highest BCUT2D eigenvalue weighted by molar-refractivity contribution is 6.32. The molecule has 5 heterocycles. The summed E-state index contributed by atoms with van der Waals surface area (Å²) >= 11 is 12.1. The second-order valence-electron chi connectivity index (χ2n) is 12.8. The number of piperidine rings is 2. The Morgan fingerprint density at radius 2 is 1.34 bits per heavy atom. The minimum atomic E-state index is -0.395. The Morgan fingerprint density at radius 3 is 2.00 bits per heavy atom. The molecule has 0 spiro atoms. The number of hydrogen-bond donors (Lipinski definition) is 1. The van der Waals surface area contributed by atoms with Crippen LogP contribution >= 0.6 is 23.2 Å². The van der Waals surface area contributed by atoms with Crippen LogP contribution in [-0.4, -0.2) is 78.4 Å². The van der Waals surface area contributed by atoms with E-state index in [-0.39, 0.29) is 48.7 Å². The zero-order valence-electron chi connectivity index (χ0n) is 29.0. The molecule has 5 aromatic rings. The molecule has 3 amide bonds. The molecule has 3 aromatic heterocycles. The van der Waals surface area contributed by atoms with Crippen molar-refractivity contribution in [3.8, 4) is 0 Å². The van der Waals surface area contributed by atoms with E-state index in [1.54, 1.807) is 22.2 Å². The summed E-state index contributed by atoms with van der Waals surface area (Å²) in [6.07, 6.45) is 11.0. The van der Waals surface area contributed by atoms with E-state index in [9.17, 15) is 14.4 Å². The van der Waals surface area contributed by atoms with Gasteiger partial charge in [-0.1, -0.05) is 83.9 Å². The summed E-state index contributed by atoms with van der Waals surface area (Å²) in [5.41, 5.74) is 3.21. The third-order valence-electron chi connectivity index (χ3n) is 9.10. The zero-order chi connectivity index (χ0) is 37.0. The van der Waals surface area contributed by atoms with Gasteiger partial charge in [-0.05, 0) is 36.8 Å². The Morgan fingerprint density at radius 1 is 0.736 bits per heavy atom. The van der Waals surface area contributed by atoms with Crippen LogP contribution in [0, 0.1) is 5.92 Å². The fourth-order valence-electron chi connectivity index (χ4n) is 6.33. The number of amides is 3. The number of fused-ring (bicyclic) bond motifs is 1. The van der Waals surface area contributed by atoms with Gasteiger partial charge in [0.05, 0.1) is 24.4 Å². The van der Waals surface area contributed by atoms with Crippen LogP contribution in [0.25, 0.3) is 5.52 Å². The van der Waals surface area contributed by atoms with E-state index in [2.05, 4.69) is 25.3 Å². The number of rotatable bonds is 8. The Balaban J connectivity index is 0.000000181. The van der Waals surface area contributed by atoms with Crippen LogP contribution in [-0.2, 0) is 34.0 Å². The first-order valence-electron chi connectivity index (χ1n) is 17.5. The van der Waals surface area contributed by atoms with Gasteiger partial charge in [-0.3, -0.25) is 14.2 Å². The second-order valence-corrected chi connectivity index (χ2v) is 13.5. The highest BCUT2D eigenvalue weighted by atomic mass is 35.5. The molecule has 0 bridgehead atoms. The lowest BCUT2D eigenvalue weighted by Gasteiger charge is -2.31. The van der Waals surface area contributed by atoms with Gasteiger partial charge in [-0.25, -0.2) is 24.5 Å². The number of carbonyl (C=O) groups excluding carboxylic acids is 3. The lowest BCUT2D eigenvalue weighted by Crippen LogP contribution is -2.45. The number of carbonyl (C=O) groups is 3. The van der Waals surface area contributed by atoms with Gasteiger partial charge < -0.3 is 24.6 Å². The van der Waals surface area contributed by atoms with E-state index in [1.807, 2.05) is 71.3 Å². The Labute approximate surface area is 317 Å². The van der Waals surface area contributed by atoms with Crippen molar-refractivity contribution in [3.63, 3.8) is 0 Å². The van der Waals surface area contributed by atoms with Gasteiger partial charge >= 0.3 is 12.2 Å². The second kappa shape index (κ2) is 18.5. The SMILES string of the molecule is O=C(NCc1nccnc1Cl)[C@@H]1CCCN(C(=O)OCc2ccccc2)C1.O=C(OCc1ccccc1)N1CCC[C@@H](c2ncc3c(Cl)nccn23)C1. The molecule has 2 aliphatic rings. The molecule has 2 aromatic carbocycles. The molecule has 53 heavy (non-hydrogen) atoms. The molecule has 0 radical (unpaired) electrons. The van der Waals surface area contributed by atoms with Gasteiger partial charge in [0.2, 0.25) is 5.91 Å². The monoisotopic (exact) mass is 758 g/mol. The Kier molecular flexibility index (Phi) is 13.1. The number of halogens is 2. The quantitative estimate of drug-likeness (QED) is 0.183. The summed E-state index contributed by atoms with van der Waals surface area (Å²) in [6.45, 7) is 2.94. The van der Waals surface area contributed by atoms with Gasteiger partial charge in [0.25, 0.3) is 0 Å². The number of ether oxygens (including phenoxy) is 2. The van der Waals surface area contributed by atoms with Crippen LogP contribution in [0.4, 0.5) is 9.59 Å². The van der Waals surface area contributed by atoms with E-state index in [4.69, 9.17) is 32.7 Å². The Bertz CT molecular complexity index is 1980. The zero-order valence-corrected chi connectivity index (χ0v) is 30.5. The number of nitrogens with zero attached hydrogens (tertiary/aromatic N) is 7. The number of aromatic nitrogens is 5. The largest absolute Gasteiger partial charge is 0.445 e. The first-order valence-corrected chi connectivity index (χ1v) is 18.2. The lowest BCUT2D eigenvalue weighted by molar-refractivity contribution is -0.126. The van der Waals surface area contributed by atoms with E-state index in [1.165, 1.54) is 12.4 Å². The van der Waals surface area contributed by atoms with Crippen molar-refractivity contribution in [3.05, 3.63) is 125 Å². The standard InChI is InChI=1S/C19H21ClN4O3.C19H19ClN4O2/c20-17-16(21-8-9-22-17)11-23-18(25)15-7-4-10-24(12-15)19(26)27-13-14-5-2-1-3-6-14;20-17-16-11-22-18(24(16)10-8-21-17)15-7-4-9-23(12-15)19(25)26-13-14-5-2-1-3-6-14/h1-3,5-6,8-9,15H,4,7,10-13H2,(H,23,25);1-3,5-6,8,10-11,15H,4,7,9,12-13H2/t2*15-/m11/s1. The highest BCUT2D eigenvalue weighted by Crippen LogP contribution is 2.28. The molecule has 2 saturated heterocycles. The van der Waals surface area contributed by atoms with Crippen molar-refractivity contribution in [2.45, 2.75) is 51.4 Å². The first-order chi connectivity index (χ1) is 25.9. The average Bonchev–Trinajstić information content (AvgIpc) is 3.65. The van der Waals surface area contributed by atoms with Crippen molar-refractivity contribution in [2.75, 3.05) is 26.2 Å². The van der Waals surface area contributed by atoms with Crippen molar-refractivity contribution in [1.82, 2.24) is 39.5 Å². The minimum absolute atomic E-state index is 0.128. The third-order valence-corrected chi connectivity index (χ3v) is 9.71.